The third kappa shape index (κ3) is 1.82. The van der Waals surface area contributed by atoms with Gasteiger partial charge in [0.1, 0.15) is 6.33 Å². The molecule has 0 aliphatic heterocycles. The van der Waals surface area contributed by atoms with Crippen LogP contribution in [0.15, 0.2) is 54.3 Å². The van der Waals surface area contributed by atoms with E-state index in [4.69, 9.17) is 0 Å². The van der Waals surface area contributed by atoms with Crippen molar-refractivity contribution in [1.29, 1.82) is 0 Å². The molecule has 0 atom stereocenters. The van der Waals surface area contributed by atoms with Gasteiger partial charge in [-0.1, -0.05) is 24.3 Å². The van der Waals surface area contributed by atoms with E-state index in [1.54, 1.807) is 23.9 Å². The average Bonchev–Trinajstić information content (AvgIpc) is 3.33. The second-order valence-corrected chi connectivity index (χ2v) is 6.47. The lowest BCUT2D eigenvalue weighted by Gasteiger charge is -2.06. The average molecular weight is 332 g/mol. The molecular weight excluding hydrogens is 320 g/mol. The Bertz CT molecular complexity index is 1170. The third-order valence-corrected chi connectivity index (χ3v) is 4.93. The second-order valence-electron chi connectivity index (χ2n) is 5.52. The van der Waals surface area contributed by atoms with E-state index in [0.717, 1.165) is 38.6 Å². The lowest BCUT2D eigenvalue weighted by molar-refractivity contribution is 0.886. The maximum atomic E-state index is 4.62. The van der Waals surface area contributed by atoms with E-state index in [2.05, 4.69) is 33.3 Å². The van der Waals surface area contributed by atoms with E-state index < -0.39 is 0 Å². The summed E-state index contributed by atoms with van der Waals surface area (Å²) in [6.45, 7) is 2.06. The van der Waals surface area contributed by atoms with Crippen molar-refractivity contribution in [3.8, 4) is 16.4 Å². The van der Waals surface area contributed by atoms with Gasteiger partial charge in [0.25, 0.3) is 0 Å². The van der Waals surface area contributed by atoms with Gasteiger partial charge in [-0.25, -0.2) is 9.67 Å². The van der Waals surface area contributed by atoms with Gasteiger partial charge in [0, 0.05) is 0 Å². The minimum Gasteiger partial charge on any atom is -0.264 e. The molecule has 116 valence electrons. The number of aryl methyl sites for hydroxylation is 1. The Labute approximate surface area is 141 Å². The number of para-hydroxylation sites is 1. The Balaban J connectivity index is 1.78. The third-order valence-electron chi connectivity index (χ3n) is 4.06. The molecule has 0 amide bonds. The van der Waals surface area contributed by atoms with E-state index >= 15 is 0 Å². The molecule has 0 spiro atoms. The van der Waals surface area contributed by atoms with E-state index in [1.165, 1.54) is 0 Å². The zero-order valence-electron chi connectivity index (χ0n) is 12.8. The summed E-state index contributed by atoms with van der Waals surface area (Å²) in [6.07, 6.45) is 3.57. The van der Waals surface area contributed by atoms with Crippen molar-refractivity contribution in [2.24, 2.45) is 0 Å². The topological polar surface area (TPSA) is 60.9 Å². The summed E-state index contributed by atoms with van der Waals surface area (Å²) >= 11 is 1.63. The normalized spacial score (nSPS) is 11.5. The summed E-state index contributed by atoms with van der Waals surface area (Å²) in [5.74, 6) is 0.804. The molecule has 4 aromatic heterocycles. The summed E-state index contributed by atoms with van der Waals surface area (Å²) in [5.41, 5.74) is 3.71. The first kappa shape index (κ1) is 13.4. The molecule has 5 aromatic rings. The van der Waals surface area contributed by atoms with Gasteiger partial charge in [-0.15, -0.1) is 21.5 Å². The van der Waals surface area contributed by atoms with E-state index in [-0.39, 0.29) is 0 Å². The van der Waals surface area contributed by atoms with E-state index in [1.807, 2.05) is 44.8 Å². The molecule has 1 aromatic carbocycles. The number of hydrogen-bond donors (Lipinski definition) is 0. The zero-order chi connectivity index (χ0) is 16.1. The van der Waals surface area contributed by atoms with E-state index in [9.17, 15) is 0 Å². The quantitative estimate of drug-likeness (QED) is 0.496. The van der Waals surface area contributed by atoms with Crippen molar-refractivity contribution < 1.29 is 0 Å². The van der Waals surface area contributed by atoms with Gasteiger partial charge in [0.15, 0.2) is 17.1 Å². The molecule has 0 saturated heterocycles. The van der Waals surface area contributed by atoms with Crippen LogP contribution >= 0.6 is 11.3 Å². The first-order valence-electron chi connectivity index (χ1n) is 7.50. The zero-order valence-corrected chi connectivity index (χ0v) is 13.6. The van der Waals surface area contributed by atoms with Crippen molar-refractivity contribution in [3.63, 3.8) is 0 Å². The van der Waals surface area contributed by atoms with Gasteiger partial charge in [-0.3, -0.25) is 4.40 Å². The monoisotopic (exact) mass is 332 g/mol. The van der Waals surface area contributed by atoms with Gasteiger partial charge in [-0.05, 0) is 30.0 Å². The van der Waals surface area contributed by atoms with Crippen LogP contribution in [0.1, 0.15) is 5.56 Å². The summed E-state index contributed by atoms with van der Waals surface area (Å²) in [6, 6.07) is 12.1. The summed E-state index contributed by atoms with van der Waals surface area (Å²) in [7, 11) is 0. The van der Waals surface area contributed by atoms with Gasteiger partial charge < -0.3 is 0 Å². The van der Waals surface area contributed by atoms with Crippen LogP contribution in [-0.4, -0.2) is 29.4 Å². The number of benzene rings is 1. The lowest BCUT2D eigenvalue weighted by atomic mass is 10.2. The summed E-state index contributed by atoms with van der Waals surface area (Å²) in [5, 5.41) is 16.1. The molecule has 0 unspecified atom stereocenters. The van der Waals surface area contributed by atoms with Crippen molar-refractivity contribution in [2.75, 3.05) is 0 Å². The highest BCUT2D eigenvalue weighted by Crippen LogP contribution is 2.26. The van der Waals surface area contributed by atoms with Crippen LogP contribution in [-0.2, 0) is 0 Å². The van der Waals surface area contributed by atoms with Gasteiger partial charge in [0.05, 0.1) is 22.1 Å². The number of thiophene rings is 1. The maximum Gasteiger partial charge on any atom is 0.179 e. The van der Waals surface area contributed by atoms with Crippen molar-refractivity contribution in [1.82, 2.24) is 29.4 Å². The smallest absolute Gasteiger partial charge is 0.179 e. The first-order valence-corrected chi connectivity index (χ1v) is 8.38. The van der Waals surface area contributed by atoms with Crippen LogP contribution in [0.2, 0.25) is 0 Å². The Morgan fingerprint density at radius 3 is 2.75 bits per heavy atom. The fraction of sp³-hybridized carbons (Fsp3) is 0.0588. The van der Waals surface area contributed by atoms with Crippen LogP contribution in [0.5, 0.6) is 0 Å². The largest absolute Gasteiger partial charge is 0.264 e. The van der Waals surface area contributed by atoms with E-state index in [0.29, 0.717) is 0 Å². The summed E-state index contributed by atoms with van der Waals surface area (Å²) < 4.78 is 3.77. The van der Waals surface area contributed by atoms with Crippen LogP contribution in [0.4, 0.5) is 0 Å². The highest BCUT2D eigenvalue weighted by Gasteiger charge is 2.16. The Morgan fingerprint density at radius 2 is 1.92 bits per heavy atom. The van der Waals surface area contributed by atoms with Crippen LogP contribution < -0.4 is 0 Å². The molecule has 0 aliphatic rings. The summed E-state index contributed by atoms with van der Waals surface area (Å²) in [4.78, 5) is 5.68. The molecule has 6 nitrogen and oxygen atoms in total. The highest BCUT2D eigenvalue weighted by molar-refractivity contribution is 7.13. The predicted octanol–water partition coefficient (Wildman–Crippen LogP) is 3.50. The maximum absolute atomic E-state index is 4.62. The van der Waals surface area contributed by atoms with Crippen LogP contribution in [0.25, 0.3) is 33.1 Å². The Kier molecular flexibility index (Phi) is 2.77. The molecule has 0 radical (unpaired) electrons. The van der Waals surface area contributed by atoms with Crippen molar-refractivity contribution in [3.05, 3.63) is 59.9 Å². The molecule has 4 heterocycles. The minimum atomic E-state index is 0.767. The van der Waals surface area contributed by atoms with Gasteiger partial charge >= 0.3 is 0 Å². The molecule has 24 heavy (non-hydrogen) atoms. The fourth-order valence-electron chi connectivity index (χ4n) is 2.87. The Hall–Kier alpha value is -3.06. The lowest BCUT2D eigenvalue weighted by Crippen LogP contribution is -2.00. The van der Waals surface area contributed by atoms with Crippen molar-refractivity contribution >= 4 is 28.0 Å². The number of aromatic nitrogens is 6. The molecule has 0 bridgehead atoms. The molecule has 5 rings (SSSR count). The van der Waals surface area contributed by atoms with Crippen molar-refractivity contribution in [2.45, 2.75) is 6.92 Å². The number of nitrogens with zero attached hydrogens (tertiary/aromatic N) is 6. The van der Waals surface area contributed by atoms with Crippen LogP contribution in [0.3, 0.4) is 0 Å². The Morgan fingerprint density at radius 1 is 1.00 bits per heavy atom. The predicted molar refractivity (Wildman–Crippen MR) is 93.5 cm³/mol. The standard InChI is InChI=1S/C17H12N6S/c1-11-5-2-3-6-13(11)23-15-12(9-19-23)16-20-21-17(22(16)10-18-15)14-7-4-8-24-14/h2-10H,1H3. The minimum absolute atomic E-state index is 0.767. The molecule has 7 heteroatoms. The molecule has 0 aliphatic carbocycles. The first-order chi connectivity index (χ1) is 11.8. The number of hydrogen-bond acceptors (Lipinski definition) is 5. The number of fused-ring (bicyclic) bond motifs is 3. The number of rotatable bonds is 2. The SMILES string of the molecule is Cc1ccccc1-n1ncc2c1ncn1c(-c3cccs3)nnc21. The molecule has 0 saturated carbocycles. The fourth-order valence-corrected chi connectivity index (χ4v) is 3.58. The van der Waals surface area contributed by atoms with Gasteiger partial charge in [0.2, 0.25) is 0 Å². The van der Waals surface area contributed by atoms with Gasteiger partial charge in [-0.2, -0.15) is 5.10 Å². The molecular formula is C17H12N6S. The highest BCUT2D eigenvalue weighted by atomic mass is 32.1. The molecule has 0 fully saturated rings. The van der Waals surface area contributed by atoms with Crippen LogP contribution in [0, 0.1) is 6.92 Å². The second kappa shape index (κ2) is 4.97. The molecule has 0 N–H and O–H groups in total.